The number of nitrogens with one attached hydrogen (secondary N) is 1. The summed E-state index contributed by atoms with van der Waals surface area (Å²) in [5, 5.41) is 3.30. The topological polar surface area (TPSA) is 61.9 Å². The van der Waals surface area contributed by atoms with Crippen molar-refractivity contribution in [3.8, 4) is 0 Å². The Hall–Kier alpha value is -2.69. The first-order valence-electron chi connectivity index (χ1n) is 7.99. The quantitative estimate of drug-likeness (QED) is 0.792. The number of amides is 1. The van der Waals surface area contributed by atoms with Crippen LogP contribution in [0.5, 0.6) is 0 Å². The van der Waals surface area contributed by atoms with E-state index in [-0.39, 0.29) is 5.92 Å². The van der Waals surface area contributed by atoms with Crippen molar-refractivity contribution in [3.05, 3.63) is 42.5 Å². The minimum Gasteiger partial charge on any atom is -0.346 e. The molecule has 2 aliphatic rings. The summed E-state index contributed by atoms with van der Waals surface area (Å²) in [5.74, 6) is 0.576. The molecule has 0 bridgehead atoms. The summed E-state index contributed by atoms with van der Waals surface area (Å²) < 4.78 is 0. The van der Waals surface area contributed by atoms with Crippen molar-refractivity contribution >= 4 is 33.3 Å². The average molecular weight is 304 g/mol. The fourth-order valence-corrected chi connectivity index (χ4v) is 3.43. The maximum atomic E-state index is 12.3. The van der Waals surface area contributed by atoms with Gasteiger partial charge in [-0.25, -0.2) is 4.98 Å². The lowest BCUT2D eigenvalue weighted by Gasteiger charge is -2.16. The van der Waals surface area contributed by atoms with E-state index in [2.05, 4.69) is 27.1 Å². The zero-order chi connectivity index (χ0) is 15.4. The lowest BCUT2D eigenvalue weighted by atomic mass is 10.0. The van der Waals surface area contributed by atoms with Gasteiger partial charge in [-0.05, 0) is 24.5 Å². The van der Waals surface area contributed by atoms with Crippen LogP contribution < -0.4 is 0 Å². The number of hydrogen-bond donors (Lipinski definition) is 1. The molecule has 1 fully saturated rings. The van der Waals surface area contributed by atoms with Crippen molar-refractivity contribution in [2.75, 3.05) is 13.1 Å². The second kappa shape index (κ2) is 4.65. The highest BCUT2D eigenvalue weighted by atomic mass is 16.2. The highest BCUT2D eigenvalue weighted by molar-refractivity contribution is 6.10. The Morgan fingerprint density at radius 2 is 2.17 bits per heavy atom. The van der Waals surface area contributed by atoms with Crippen molar-refractivity contribution in [1.82, 2.24) is 19.9 Å². The van der Waals surface area contributed by atoms with Gasteiger partial charge < -0.3 is 9.88 Å². The van der Waals surface area contributed by atoms with E-state index in [1.165, 1.54) is 11.0 Å². The Labute approximate surface area is 133 Å². The first kappa shape index (κ1) is 12.8. The van der Waals surface area contributed by atoms with Crippen LogP contribution in [0.25, 0.3) is 27.4 Å². The number of rotatable bonds is 2. The molecule has 1 N–H and O–H groups in total. The molecule has 0 radical (unpaired) electrons. The first-order valence-corrected chi connectivity index (χ1v) is 7.99. The Kier molecular flexibility index (Phi) is 2.59. The average Bonchev–Trinajstić information content (AvgIpc) is 3.12. The fourth-order valence-electron chi connectivity index (χ4n) is 3.43. The lowest BCUT2D eigenvalue weighted by Crippen LogP contribution is -2.30. The molecule has 1 aliphatic carbocycles. The number of pyridine rings is 2. The molecule has 5 heteroatoms. The molecule has 5 nitrogen and oxygen atoms in total. The van der Waals surface area contributed by atoms with Crippen LogP contribution in [0.4, 0.5) is 0 Å². The van der Waals surface area contributed by atoms with E-state index in [0.29, 0.717) is 19.0 Å². The Morgan fingerprint density at radius 3 is 3.04 bits per heavy atom. The summed E-state index contributed by atoms with van der Waals surface area (Å²) in [6, 6.07) is 2.05. The molecule has 0 spiro atoms. The number of carbonyl (C=O) groups is 1. The molecule has 0 unspecified atom stereocenters. The van der Waals surface area contributed by atoms with Gasteiger partial charge in [-0.2, -0.15) is 0 Å². The van der Waals surface area contributed by atoms with Crippen molar-refractivity contribution in [3.63, 3.8) is 0 Å². The van der Waals surface area contributed by atoms with Crippen LogP contribution in [0.1, 0.15) is 18.4 Å². The largest absolute Gasteiger partial charge is 0.346 e. The second-order valence-electron chi connectivity index (χ2n) is 6.37. The van der Waals surface area contributed by atoms with Gasteiger partial charge >= 0.3 is 0 Å². The van der Waals surface area contributed by atoms with Crippen LogP contribution in [0.15, 0.2) is 36.9 Å². The predicted molar refractivity (Wildman–Crippen MR) is 88.7 cm³/mol. The summed E-state index contributed by atoms with van der Waals surface area (Å²) >= 11 is 0. The molecule has 0 aromatic carbocycles. The molecule has 1 saturated carbocycles. The van der Waals surface area contributed by atoms with E-state index in [4.69, 9.17) is 0 Å². The minimum absolute atomic E-state index is 0.272. The van der Waals surface area contributed by atoms with Crippen molar-refractivity contribution in [1.29, 1.82) is 0 Å². The number of nitrogens with zero attached hydrogens (tertiary/aromatic N) is 3. The molecular weight excluding hydrogens is 288 g/mol. The number of aromatic nitrogens is 3. The van der Waals surface area contributed by atoms with Gasteiger partial charge in [0.15, 0.2) is 0 Å². The lowest BCUT2D eigenvalue weighted by molar-refractivity contribution is -0.131. The Balaban J connectivity index is 1.60. The zero-order valence-corrected chi connectivity index (χ0v) is 12.6. The third-order valence-electron chi connectivity index (χ3n) is 4.81. The Bertz CT molecular complexity index is 967. The molecule has 3 aromatic rings. The van der Waals surface area contributed by atoms with Crippen LogP contribution in [0.2, 0.25) is 0 Å². The van der Waals surface area contributed by atoms with Crippen molar-refractivity contribution in [2.24, 2.45) is 5.92 Å². The van der Waals surface area contributed by atoms with Gasteiger partial charge in [-0.3, -0.25) is 9.78 Å². The Morgan fingerprint density at radius 1 is 1.26 bits per heavy atom. The zero-order valence-electron chi connectivity index (χ0n) is 12.6. The highest BCUT2D eigenvalue weighted by Crippen LogP contribution is 2.35. The normalized spacial score (nSPS) is 17.9. The second-order valence-corrected chi connectivity index (χ2v) is 6.37. The van der Waals surface area contributed by atoms with Gasteiger partial charge in [0.25, 0.3) is 0 Å². The van der Waals surface area contributed by atoms with Crippen LogP contribution in [-0.2, 0) is 4.79 Å². The van der Waals surface area contributed by atoms with Gasteiger partial charge in [-0.1, -0.05) is 6.08 Å². The number of hydrogen-bond acceptors (Lipinski definition) is 3. The van der Waals surface area contributed by atoms with Crippen molar-refractivity contribution < 1.29 is 4.79 Å². The molecule has 0 saturated heterocycles. The summed E-state index contributed by atoms with van der Waals surface area (Å²) in [7, 11) is 0. The summed E-state index contributed by atoms with van der Waals surface area (Å²) in [5.41, 5.74) is 3.18. The predicted octanol–water partition coefficient (Wildman–Crippen LogP) is 2.75. The van der Waals surface area contributed by atoms with Gasteiger partial charge in [0, 0.05) is 65.5 Å². The van der Waals surface area contributed by atoms with Crippen LogP contribution in [0.3, 0.4) is 0 Å². The van der Waals surface area contributed by atoms with Crippen LogP contribution in [0, 0.1) is 5.92 Å². The maximum Gasteiger partial charge on any atom is 0.226 e. The van der Waals surface area contributed by atoms with E-state index in [0.717, 1.165) is 34.8 Å². The van der Waals surface area contributed by atoms with Crippen LogP contribution >= 0.6 is 0 Å². The third-order valence-corrected chi connectivity index (χ3v) is 4.81. The van der Waals surface area contributed by atoms with Gasteiger partial charge in [-0.15, -0.1) is 0 Å². The molecule has 23 heavy (non-hydrogen) atoms. The van der Waals surface area contributed by atoms with Crippen LogP contribution in [-0.4, -0.2) is 38.8 Å². The van der Waals surface area contributed by atoms with Crippen molar-refractivity contribution in [2.45, 2.75) is 12.8 Å². The SMILES string of the molecule is O=C(C1CC1)N1CC=C(c2cncc3cnc4[nH]ccc4c23)C1. The molecule has 3 aromatic heterocycles. The molecule has 5 rings (SSSR count). The number of aromatic amines is 1. The maximum absolute atomic E-state index is 12.3. The van der Waals surface area contributed by atoms with E-state index in [1.807, 2.05) is 29.7 Å². The first-order chi connectivity index (χ1) is 11.3. The molecular formula is C18H16N4O. The smallest absolute Gasteiger partial charge is 0.226 e. The number of carbonyl (C=O) groups excluding carboxylic acids is 1. The molecule has 1 amide bonds. The van der Waals surface area contributed by atoms with Gasteiger partial charge in [0.1, 0.15) is 5.65 Å². The van der Waals surface area contributed by atoms with E-state index in [9.17, 15) is 4.79 Å². The summed E-state index contributed by atoms with van der Waals surface area (Å²) in [6.07, 6.45) is 11.8. The highest BCUT2D eigenvalue weighted by Gasteiger charge is 2.34. The fraction of sp³-hybridized carbons (Fsp3) is 0.278. The van der Waals surface area contributed by atoms with Gasteiger partial charge in [0.05, 0.1) is 0 Å². The molecule has 1 aliphatic heterocycles. The minimum atomic E-state index is 0.272. The third kappa shape index (κ3) is 1.96. The summed E-state index contributed by atoms with van der Waals surface area (Å²) in [6.45, 7) is 1.40. The number of fused-ring (bicyclic) bond motifs is 3. The molecule has 114 valence electrons. The van der Waals surface area contributed by atoms with E-state index < -0.39 is 0 Å². The van der Waals surface area contributed by atoms with Gasteiger partial charge in [0.2, 0.25) is 5.91 Å². The van der Waals surface area contributed by atoms with E-state index >= 15 is 0 Å². The summed E-state index contributed by atoms with van der Waals surface area (Å²) in [4.78, 5) is 26.2. The van der Waals surface area contributed by atoms with E-state index in [1.54, 1.807) is 0 Å². The molecule has 4 heterocycles. The monoisotopic (exact) mass is 304 g/mol. The number of H-pyrrole nitrogens is 1. The standard InChI is InChI=1S/C18H16N4O/c23-18(11-1-2-11)22-6-4-12(10-22)15-9-19-7-13-8-21-17-14(16(13)15)3-5-20-17/h3-5,7-9,11H,1-2,6,10H2,(H,20,21). The molecule has 0 atom stereocenters.